The highest BCUT2D eigenvalue weighted by atomic mass is 79.9. The van der Waals surface area contributed by atoms with E-state index in [2.05, 4.69) is 21.2 Å². The largest absolute Gasteiger partial charge is 0.354 e. The lowest BCUT2D eigenvalue weighted by Crippen LogP contribution is -2.38. The van der Waals surface area contributed by atoms with Gasteiger partial charge in [0.15, 0.2) is 0 Å². The molecule has 0 atom stereocenters. The quantitative estimate of drug-likeness (QED) is 0.814. The normalized spacial score (nSPS) is 10.4. The maximum absolute atomic E-state index is 11.9. The van der Waals surface area contributed by atoms with Gasteiger partial charge in [-0.1, -0.05) is 28.1 Å². The summed E-state index contributed by atoms with van der Waals surface area (Å²) in [6.45, 7) is 4.40. The first-order valence-corrected chi connectivity index (χ1v) is 8.98. The predicted octanol–water partition coefficient (Wildman–Crippen LogP) is 3.53. The van der Waals surface area contributed by atoms with Gasteiger partial charge >= 0.3 is 0 Å². The minimum absolute atomic E-state index is 0.0268. The van der Waals surface area contributed by atoms with Crippen molar-refractivity contribution < 1.29 is 9.59 Å². The third-order valence-electron chi connectivity index (χ3n) is 3.42. The summed E-state index contributed by atoms with van der Waals surface area (Å²) in [5, 5.41) is 4.82. The Hall–Kier alpha value is -1.66. The molecule has 2 rings (SSSR count). The Morgan fingerprint density at radius 1 is 1.30 bits per heavy atom. The molecule has 1 heterocycles. The molecule has 23 heavy (non-hydrogen) atoms. The van der Waals surface area contributed by atoms with E-state index in [0.29, 0.717) is 19.5 Å². The number of carbonyl (C=O) groups is 2. The molecular weight excluding hydrogens is 376 g/mol. The summed E-state index contributed by atoms with van der Waals surface area (Å²) in [7, 11) is 0. The lowest BCUT2D eigenvalue weighted by Gasteiger charge is -2.22. The van der Waals surface area contributed by atoms with Gasteiger partial charge in [-0.3, -0.25) is 9.59 Å². The van der Waals surface area contributed by atoms with E-state index in [9.17, 15) is 9.59 Å². The van der Waals surface area contributed by atoms with E-state index in [1.807, 2.05) is 42.6 Å². The third kappa shape index (κ3) is 5.18. The van der Waals surface area contributed by atoms with Crippen LogP contribution in [-0.4, -0.2) is 24.9 Å². The summed E-state index contributed by atoms with van der Waals surface area (Å²) in [6, 6.07) is 9.67. The molecule has 0 aliphatic carbocycles. The summed E-state index contributed by atoms with van der Waals surface area (Å²) < 4.78 is 0.961. The van der Waals surface area contributed by atoms with E-state index >= 15 is 0 Å². The SMILES string of the molecule is CC(=O)N(CCNC(=O)Cc1cccs1)c1ccc(C)c(Br)c1. The van der Waals surface area contributed by atoms with E-state index in [4.69, 9.17) is 0 Å². The van der Waals surface area contributed by atoms with Gasteiger partial charge in [0.2, 0.25) is 11.8 Å². The second kappa shape index (κ2) is 8.26. The fourth-order valence-electron chi connectivity index (χ4n) is 2.16. The Morgan fingerprint density at radius 3 is 2.70 bits per heavy atom. The van der Waals surface area contributed by atoms with Crippen LogP contribution in [0.4, 0.5) is 5.69 Å². The van der Waals surface area contributed by atoms with Crippen LogP contribution >= 0.6 is 27.3 Å². The number of nitrogens with one attached hydrogen (secondary N) is 1. The van der Waals surface area contributed by atoms with Crippen molar-refractivity contribution >= 4 is 44.8 Å². The number of nitrogens with zero attached hydrogens (tertiary/aromatic N) is 1. The number of benzene rings is 1. The van der Waals surface area contributed by atoms with E-state index in [1.54, 1.807) is 16.2 Å². The molecule has 0 fully saturated rings. The zero-order valence-corrected chi connectivity index (χ0v) is 15.5. The van der Waals surface area contributed by atoms with E-state index in [-0.39, 0.29) is 11.8 Å². The average molecular weight is 395 g/mol. The molecule has 0 saturated carbocycles. The van der Waals surface area contributed by atoms with Gasteiger partial charge in [0, 0.05) is 35.1 Å². The zero-order valence-electron chi connectivity index (χ0n) is 13.1. The molecule has 6 heteroatoms. The lowest BCUT2D eigenvalue weighted by atomic mass is 10.2. The maximum Gasteiger partial charge on any atom is 0.225 e. The maximum atomic E-state index is 11.9. The number of anilines is 1. The van der Waals surface area contributed by atoms with Crippen molar-refractivity contribution in [2.45, 2.75) is 20.3 Å². The number of aryl methyl sites for hydroxylation is 1. The van der Waals surface area contributed by atoms with Crippen LogP contribution in [0.3, 0.4) is 0 Å². The second-order valence-electron chi connectivity index (χ2n) is 5.21. The first-order valence-electron chi connectivity index (χ1n) is 7.30. The molecule has 1 N–H and O–H groups in total. The van der Waals surface area contributed by atoms with Crippen molar-refractivity contribution in [3.63, 3.8) is 0 Å². The highest BCUT2D eigenvalue weighted by molar-refractivity contribution is 9.10. The molecule has 2 amide bonds. The Kier molecular flexibility index (Phi) is 6.36. The minimum Gasteiger partial charge on any atom is -0.354 e. The van der Waals surface area contributed by atoms with Crippen molar-refractivity contribution in [2.24, 2.45) is 0 Å². The molecule has 0 aliphatic heterocycles. The van der Waals surface area contributed by atoms with Gasteiger partial charge in [-0.25, -0.2) is 0 Å². The number of hydrogen-bond donors (Lipinski definition) is 1. The number of halogens is 1. The van der Waals surface area contributed by atoms with Gasteiger partial charge in [-0.2, -0.15) is 0 Å². The van der Waals surface area contributed by atoms with Crippen LogP contribution in [0.1, 0.15) is 17.4 Å². The fraction of sp³-hybridized carbons (Fsp3) is 0.294. The van der Waals surface area contributed by atoms with Gasteiger partial charge in [0.05, 0.1) is 6.42 Å². The van der Waals surface area contributed by atoms with Crippen molar-refractivity contribution in [1.82, 2.24) is 5.32 Å². The van der Waals surface area contributed by atoms with Gasteiger partial charge in [-0.15, -0.1) is 11.3 Å². The first kappa shape index (κ1) is 17.7. The van der Waals surface area contributed by atoms with E-state index < -0.39 is 0 Å². The zero-order chi connectivity index (χ0) is 16.8. The summed E-state index contributed by atoms with van der Waals surface area (Å²) in [6.07, 6.45) is 0.383. The molecule has 1 aromatic carbocycles. The molecule has 0 spiro atoms. The van der Waals surface area contributed by atoms with Crippen LogP contribution in [0.5, 0.6) is 0 Å². The highest BCUT2D eigenvalue weighted by Gasteiger charge is 2.13. The van der Waals surface area contributed by atoms with E-state index in [0.717, 1.165) is 20.6 Å². The summed E-state index contributed by atoms with van der Waals surface area (Å²) in [5.74, 6) is -0.0747. The van der Waals surface area contributed by atoms with Crippen LogP contribution in [0, 0.1) is 6.92 Å². The lowest BCUT2D eigenvalue weighted by molar-refractivity contribution is -0.120. The molecule has 0 bridgehead atoms. The van der Waals surface area contributed by atoms with Crippen molar-refractivity contribution in [2.75, 3.05) is 18.0 Å². The molecule has 0 unspecified atom stereocenters. The van der Waals surface area contributed by atoms with Gasteiger partial charge in [-0.05, 0) is 36.1 Å². The monoisotopic (exact) mass is 394 g/mol. The van der Waals surface area contributed by atoms with Crippen LogP contribution in [0.15, 0.2) is 40.2 Å². The standard InChI is InChI=1S/C17H19BrN2O2S/c1-12-5-6-14(10-16(12)18)20(13(2)21)8-7-19-17(22)11-15-4-3-9-23-15/h3-6,9-10H,7-8,11H2,1-2H3,(H,19,22). The molecule has 4 nitrogen and oxygen atoms in total. The van der Waals surface area contributed by atoms with Crippen LogP contribution < -0.4 is 10.2 Å². The Bertz CT molecular complexity index is 686. The van der Waals surface area contributed by atoms with Crippen molar-refractivity contribution in [1.29, 1.82) is 0 Å². The Morgan fingerprint density at radius 2 is 2.09 bits per heavy atom. The Balaban J connectivity index is 1.91. The fourth-order valence-corrected chi connectivity index (χ4v) is 3.23. The van der Waals surface area contributed by atoms with Crippen LogP contribution in [-0.2, 0) is 16.0 Å². The number of amides is 2. The topological polar surface area (TPSA) is 49.4 Å². The summed E-state index contributed by atoms with van der Waals surface area (Å²) in [5.41, 5.74) is 1.93. The van der Waals surface area contributed by atoms with E-state index in [1.165, 1.54) is 6.92 Å². The third-order valence-corrected chi connectivity index (χ3v) is 5.15. The average Bonchev–Trinajstić information content (AvgIpc) is 2.99. The minimum atomic E-state index is -0.0479. The van der Waals surface area contributed by atoms with Crippen LogP contribution in [0.25, 0.3) is 0 Å². The molecule has 0 radical (unpaired) electrons. The summed E-state index contributed by atoms with van der Waals surface area (Å²) >= 11 is 5.05. The molecule has 1 aromatic heterocycles. The van der Waals surface area contributed by atoms with Gasteiger partial charge < -0.3 is 10.2 Å². The first-order chi connectivity index (χ1) is 11.0. The van der Waals surface area contributed by atoms with Crippen molar-refractivity contribution in [3.8, 4) is 0 Å². The number of thiophene rings is 1. The molecule has 122 valence electrons. The highest BCUT2D eigenvalue weighted by Crippen LogP contribution is 2.23. The molecule has 2 aromatic rings. The number of rotatable bonds is 6. The van der Waals surface area contributed by atoms with Crippen molar-refractivity contribution in [3.05, 3.63) is 50.6 Å². The molecule has 0 aliphatic rings. The number of carbonyl (C=O) groups excluding carboxylic acids is 2. The Labute approximate surface area is 148 Å². The number of hydrogen-bond acceptors (Lipinski definition) is 3. The van der Waals surface area contributed by atoms with Gasteiger partial charge in [0.1, 0.15) is 0 Å². The molecular formula is C17H19BrN2O2S. The smallest absolute Gasteiger partial charge is 0.225 e. The summed E-state index contributed by atoms with van der Waals surface area (Å²) in [4.78, 5) is 26.5. The second-order valence-corrected chi connectivity index (χ2v) is 7.10. The molecule has 0 saturated heterocycles. The van der Waals surface area contributed by atoms with Gasteiger partial charge in [0.25, 0.3) is 0 Å². The predicted molar refractivity (Wildman–Crippen MR) is 97.9 cm³/mol. The van der Waals surface area contributed by atoms with Crippen LogP contribution in [0.2, 0.25) is 0 Å².